The highest BCUT2D eigenvalue weighted by atomic mass is 16.2. The van der Waals surface area contributed by atoms with Gasteiger partial charge < -0.3 is 5.11 Å². The summed E-state index contributed by atoms with van der Waals surface area (Å²) in [6.45, 7) is 12.3. The number of hydrogen-bond acceptors (Lipinski definition) is 1. The first kappa shape index (κ1) is 21.7. The third-order valence-corrected chi connectivity index (χ3v) is 10.1. The average molecular weight is 377 g/mol. The zero-order chi connectivity index (χ0) is 19.7. The predicted octanol–water partition coefficient (Wildman–Crippen LogP) is 7.47. The summed E-state index contributed by atoms with van der Waals surface area (Å²) in [5, 5.41) is 7.57. The summed E-state index contributed by atoms with van der Waals surface area (Å²) in [7, 11) is 0. The molecular formula is C26H48O. The van der Waals surface area contributed by atoms with Crippen molar-refractivity contribution in [1.29, 1.82) is 0 Å². The van der Waals surface area contributed by atoms with E-state index in [1.54, 1.807) is 58.3 Å². The Kier molecular flexibility index (Phi) is 7.03. The van der Waals surface area contributed by atoms with Gasteiger partial charge in [0.25, 0.3) is 0 Å². The van der Waals surface area contributed by atoms with Gasteiger partial charge in [-0.15, -0.1) is 0 Å². The van der Waals surface area contributed by atoms with Crippen LogP contribution in [0.2, 0.25) is 0 Å². The molecule has 1 N–H and O–H groups in total. The number of hydrogen-bond donors (Lipinski definition) is 1. The Balaban J connectivity index is 0.000000659. The Bertz CT molecular complexity index is 473. The van der Waals surface area contributed by atoms with Gasteiger partial charge in [0.05, 0.1) is 0 Å². The highest BCUT2D eigenvalue weighted by Crippen LogP contribution is 2.68. The van der Waals surface area contributed by atoms with Crippen molar-refractivity contribution in [2.75, 3.05) is 6.61 Å². The van der Waals surface area contributed by atoms with E-state index >= 15 is 0 Å². The summed E-state index contributed by atoms with van der Waals surface area (Å²) in [5.41, 5.74) is 1.41. The lowest BCUT2D eigenvalue weighted by Crippen LogP contribution is -2.53. The Morgan fingerprint density at radius 1 is 0.852 bits per heavy atom. The molecule has 0 aliphatic heterocycles. The second kappa shape index (κ2) is 8.76. The molecule has 1 nitrogen and oxygen atoms in total. The van der Waals surface area contributed by atoms with Crippen molar-refractivity contribution < 1.29 is 5.11 Å². The Labute approximate surface area is 170 Å². The standard InChI is InChI=1S/C24H42.C2H6O/c1-5-8-17(2)20-12-13-21-19-11-10-18-9-6-7-15-23(18,3)22(19)14-16-24(20,21)4;1-2-3/h17-22H,5-16H2,1-4H3;3H,2H2,1H3/t17-,18?,19+,20-,21+,22+,23+,24-;/m1./s1. The minimum absolute atomic E-state index is 0.250. The lowest BCUT2D eigenvalue weighted by molar-refractivity contribution is -0.114. The van der Waals surface area contributed by atoms with Gasteiger partial charge in [0.15, 0.2) is 0 Å². The molecule has 0 aromatic heterocycles. The number of aliphatic hydroxyl groups is 1. The van der Waals surface area contributed by atoms with Crippen LogP contribution in [-0.4, -0.2) is 11.7 Å². The van der Waals surface area contributed by atoms with Crippen molar-refractivity contribution in [2.45, 2.75) is 112 Å². The van der Waals surface area contributed by atoms with Gasteiger partial charge in [0.1, 0.15) is 0 Å². The van der Waals surface area contributed by atoms with Crippen molar-refractivity contribution in [2.24, 2.45) is 46.3 Å². The summed E-state index contributed by atoms with van der Waals surface area (Å²) in [5.74, 6) is 6.30. The molecule has 4 aliphatic carbocycles. The minimum atomic E-state index is 0.250. The zero-order valence-electron chi connectivity index (χ0n) is 19.1. The molecule has 8 atom stereocenters. The largest absolute Gasteiger partial charge is 0.397 e. The van der Waals surface area contributed by atoms with E-state index in [-0.39, 0.29) is 6.61 Å². The normalized spacial score (nSPS) is 47.1. The molecule has 27 heavy (non-hydrogen) atoms. The van der Waals surface area contributed by atoms with Crippen molar-refractivity contribution in [3.8, 4) is 0 Å². The fraction of sp³-hybridized carbons (Fsp3) is 1.00. The van der Waals surface area contributed by atoms with Crippen LogP contribution in [0.25, 0.3) is 0 Å². The first-order valence-electron chi connectivity index (χ1n) is 12.5. The smallest absolute Gasteiger partial charge is 0.0402 e. The molecule has 0 spiro atoms. The molecular weight excluding hydrogens is 328 g/mol. The lowest BCUT2D eigenvalue weighted by atomic mass is 9.44. The van der Waals surface area contributed by atoms with Gasteiger partial charge in [-0.25, -0.2) is 0 Å². The summed E-state index contributed by atoms with van der Waals surface area (Å²) >= 11 is 0. The molecule has 1 heteroatoms. The van der Waals surface area contributed by atoms with E-state index in [0.717, 1.165) is 40.9 Å². The van der Waals surface area contributed by atoms with Crippen LogP contribution in [0.1, 0.15) is 112 Å². The van der Waals surface area contributed by atoms with Crippen molar-refractivity contribution in [1.82, 2.24) is 0 Å². The number of rotatable bonds is 3. The minimum Gasteiger partial charge on any atom is -0.397 e. The van der Waals surface area contributed by atoms with Crippen LogP contribution < -0.4 is 0 Å². The average Bonchev–Trinajstić information content (AvgIpc) is 2.99. The van der Waals surface area contributed by atoms with E-state index in [2.05, 4.69) is 27.7 Å². The summed E-state index contributed by atoms with van der Waals surface area (Å²) in [6.07, 6.45) is 18.4. The van der Waals surface area contributed by atoms with E-state index in [1.165, 1.54) is 25.7 Å². The van der Waals surface area contributed by atoms with Gasteiger partial charge in [0, 0.05) is 6.61 Å². The summed E-state index contributed by atoms with van der Waals surface area (Å²) in [4.78, 5) is 0. The molecule has 0 aromatic carbocycles. The van der Waals surface area contributed by atoms with Crippen LogP contribution in [0.5, 0.6) is 0 Å². The molecule has 0 saturated heterocycles. The van der Waals surface area contributed by atoms with E-state index < -0.39 is 0 Å². The highest BCUT2D eigenvalue weighted by molar-refractivity contribution is 5.09. The van der Waals surface area contributed by atoms with Crippen LogP contribution in [0, 0.1) is 46.3 Å². The maximum atomic E-state index is 7.57. The highest BCUT2D eigenvalue weighted by Gasteiger charge is 2.59. The molecule has 0 aromatic rings. The van der Waals surface area contributed by atoms with Gasteiger partial charge in [-0.3, -0.25) is 0 Å². The molecule has 4 aliphatic rings. The van der Waals surface area contributed by atoms with Gasteiger partial charge in [0.2, 0.25) is 0 Å². The molecule has 4 saturated carbocycles. The number of fused-ring (bicyclic) bond motifs is 5. The summed E-state index contributed by atoms with van der Waals surface area (Å²) < 4.78 is 0. The monoisotopic (exact) mass is 376 g/mol. The zero-order valence-corrected chi connectivity index (χ0v) is 19.1. The molecule has 0 amide bonds. The van der Waals surface area contributed by atoms with E-state index in [9.17, 15) is 0 Å². The predicted molar refractivity (Wildman–Crippen MR) is 117 cm³/mol. The second-order valence-corrected chi connectivity index (χ2v) is 11.2. The van der Waals surface area contributed by atoms with E-state index in [0.29, 0.717) is 5.41 Å². The van der Waals surface area contributed by atoms with E-state index in [1.807, 2.05) is 0 Å². The summed E-state index contributed by atoms with van der Waals surface area (Å²) in [6, 6.07) is 0. The quantitative estimate of drug-likeness (QED) is 0.541. The van der Waals surface area contributed by atoms with Crippen LogP contribution in [0.3, 0.4) is 0 Å². The third-order valence-electron chi connectivity index (χ3n) is 10.1. The molecule has 1 unspecified atom stereocenters. The second-order valence-electron chi connectivity index (χ2n) is 11.2. The molecule has 4 rings (SSSR count). The van der Waals surface area contributed by atoms with Crippen LogP contribution in [0.4, 0.5) is 0 Å². The van der Waals surface area contributed by atoms with Crippen molar-refractivity contribution >= 4 is 0 Å². The first-order chi connectivity index (χ1) is 12.9. The number of aliphatic hydroxyl groups excluding tert-OH is 1. The Morgan fingerprint density at radius 3 is 2.26 bits per heavy atom. The fourth-order valence-corrected chi connectivity index (χ4v) is 8.93. The molecule has 0 radical (unpaired) electrons. The van der Waals surface area contributed by atoms with Gasteiger partial charge >= 0.3 is 0 Å². The Hall–Kier alpha value is -0.0400. The van der Waals surface area contributed by atoms with Gasteiger partial charge in [-0.2, -0.15) is 0 Å². The SMILES string of the molecule is CCC[C@@H](C)[C@H]1CC[C@H]2[C@@H]3CCC4CCCC[C@]4(C)[C@H]3CC[C@]12C.CCO. The maximum absolute atomic E-state index is 7.57. The van der Waals surface area contributed by atoms with Crippen LogP contribution in [0.15, 0.2) is 0 Å². The topological polar surface area (TPSA) is 20.2 Å². The van der Waals surface area contributed by atoms with Crippen LogP contribution >= 0.6 is 0 Å². The fourth-order valence-electron chi connectivity index (χ4n) is 8.93. The van der Waals surface area contributed by atoms with Crippen molar-refractivity contribution in [3.63, 3.8) is 0 Å². The Morgan fingerprint density at radius 2 is 1.56 bits per heavy atom. The first-order valence-corrected chi connectivity index (χ1v) is 12.5. The van der Waals surface area contributed by atoms with E-state index in [4.69, 9.17) is 5.11 Å². The van der Waals surface area contributed by atoms with Gasteiger partial charge in [-0.05, 0) is 105 Å². The molecule has 158 valence electrons. The molecule has 0 heterocycles. The lowest BCUT2D eigenvalue weighted by Gasteiger charge is -2.61. The van der Waals surface area contributed by atoms with Crippen molar-refractivity contribution in [3.05, 3.63) is 0 Å². The maximum Gasteiger partial charge on any atom is 0.0402 e. The molecule has 4 fully saturated rings. The third kappa shape index (κ3) is 3.76. The van der Waals surface area contributed by atoms with Crippen LogP contribution in [-0.2, 0) is 0 Å². The molecule has 0 bridgehead atoms. The van der Waals surface area contributed by atoms with Gasteiger partial charge in [-0.1, -0.05) is 53.4 Å².